The summed E-state index contributed by atoms with van der Waals surface area (Å²) in [5, 5.41) is 2.96. The van der Waals surface area contributed by atoms with Crippen LogP contribution in [-0.4, -0.2) is 41.7 Å². The zero-order valence-corrected chi connectivity index (χ0v) is 12.0. The highest BCUT2D eigenvalue weighted by Crippen LogP contribution is 2.26. The van der Waals surface area contributed by atoms with Crippen LogP contribution >= 0.6 is 0 Å². The molecule has 0 saturated heterocycles. The van der Waals surface area contributed by atoms with Gasteiger partial charge in [0.25, 0.3) is 0 Å². The number of nitrogens with zero attached hydrogens (tertiary/aromatic N) is 4. The van der Waals surface area contributed by atoms with Crippen molar-refractivity contribution in [2.24, 2.45) is 0 Å². The van der Waals surface area contributed by atoms with Gasteiger partial charge in [0.2, 0.25) is 11.9 Å². The van der Waals surface area contributed by atoms with Gasteiger partial charge in [-0.25, -0.2) is 0 Å². The standard InChI is InChI=1S/C13H23N5O/c1-4-18(10-8-6-5-7-9-10)12-15-11(14-2)16-13(17-12)19-3/h10H,4-9H2,1-3H3,(H,14,15,16,17). The number of anilines is 2. The first-order valence-electron chi connectivity index (χ1n) is 7.03. The molecule has 0 radical (unpaired) electrons. The van der Waals surface area contributed by atoms with E-state index in [2.05, 4.69) is 32.1 Å². The Morgan fingerprint density at radius 2 is 1.95 bits per heavy atom. The van der Waals surface area contributed by atoms with Crippen LogP contribution in [0.4, 0.5) is 11.9 Å². The van der Waals surface area contributed by atoms with E-state index in [1.807, 2.05) is 0 Å². The molecule has 1 aliphatic carbocycles. The van der Waals surface area contributed by atoms with Gasteiger partial charge in [-0.2, -0.15) is 15.0 Å². The van der Waals surface area contributed by atoms with Gasteiger partial charge in [-0.1, -0.05) is 19.3 Å². The molecule has 6 heteroatoms. The summed E-state index contributed by atoms with van der Waals surface area (Å²) >= 11 is 0. The van der Waals surface area contributed by atoms with Crippen LogP contribution in [0.15, 0.2) is 0 Å². The Morgan fingerprint density at radius 3 is 2.53 bits per heavy atom. The normalized spacial score (nSPS) is 16.2. The summed E-state index contributed by atoms with van der Waals surface area (Å²) in [6.45, 7) is 3.05. The summed E-state index contributed by atoms with van der Waals surface area (Å²) in [5.41, 5.74) is 0. The topological polar surface area (TPSA) is 63.2 Å². The van der Waals surface area contributed by atoms with Gasteiger partial charge >= 0.3 is 6.01 Å². The van der Waals surface area contributed by atoms with Crippen LogP contribution in [-0.2, 0) is 0 Å². The number of ether oxygens (including phenoxy) is 1. The molecule has 1 heterocycles. The lowest BCUT2D eigenvalue weighted by Gasteiger charge is -2.33. The lowest BCUT2D eigenvalue weighted by atomic mass is 9.94. The molecule has 0 amide bonds. The van der Waals surface area contributed by atoms with Crippen molar-refractivity contribution in [1.29, 1.82) is 0 Å². The third-order valence-corrected chi connectivity index (χ3v) is 3.62. The van der Waals surface area contributed by atoms with Crippen molar-refractivity contribution in [3.05, 3.63) is 0 Å². The van der Waals surface area contributed by atoms with Crippen LogP contribution < -0.4 is 15.0 Å². The first-order valence-corrected chi connectivity index (χ1v) is 7.03. The zero-order chi connectivity index (χ0) is 13.7. The highest BCUT2D eigenvalue weighted by Gasteiger charge is 2.23. The van der Waals surface area contributed by atoms with Crippen LogP contribution in [0.2, 0.25) is 0 Å². The molecule has 1 aromatic rings. The zero-order valence-electron chi connectivity index (χ0n) is 12.0. The Morgan fingerprint density at radius 1 is 1.21 bits per heavy atom. The first kappa shape index (κ1) is 13.8. The SMILES string of the molecule is CCN(c1nc(NC)nc(OC)n1)C1CCCCC1. The largest absolute Gasteiger partial charge is 0.467 e. The maximum Gasteiger partial charge on any atom is 0.322 e. The molecule has 1 fully saturated rings. The molecule has 1 aliphatic rings. The molecule has 0 bridgehead atoms. The molecule has 1 aromatic heterocycles. The molecule has 19 heavy (non-hydrogen) atoms. The van der Waals surface area contributed by atoms with E-state index in [0.717, 1.165) is 6.54 Å². The fourth-order valence-electron chi connectivity index (χ4n) is 2.63. The number of rotatable bonds is 5. The van der Waals surface area contributed by atoms with E-state index in [1.54, 1.807) is 14.2 Å². The Kier molecular flexibility index (Phi) is 4.76. The first-order chi connectivity index (χ1) is 9.28. The maximum absolute atomic E-state index is 5.15. The Hall–Kier alpha value is -1.59. The van der Waals surface area contributed by atoms with E-state index in [-0.39, 0.29) is 0 Å². The second kappa shape index (κ2) is 6.54. The minimum absolute atomic E-state index is 0.364. The van der Waals surface area contributed by atoms with E-state index in [9.17, 15) is 0 Å². The smallest absolute Gasteiger partial charge is 0.322 e. The van der Waals surface area contributed by atoms with Gasteiger partial charge in [-0.3, -0.25) is 0 Å². The molecule has 6 nitrogen and oxygen atoms in total. The average Bonchev–Trinajstić information content (AvgIpc) is 2.48. The molecule has 0 spiro atoms. The molecule has 0 aromatic carbocycles. The summed E-state index contributed by atoms with van der Waals surface area (Å²) in [6, 6.07) is 0.902. The van der Waals surface area contributed by atoms with Crippen LogP contribution in [0.3, 0.4) is 0 Å². The van der Waals surface area contributed by atoms with Crippen molar-refractivity contribution in [1.82, 2.24) is 15.0 Å². The molecule has 1 saturated carbocycles. The summed E-state index contributed by atoms with van der Waals surface area (Å²) in [4.78, 5) is 15.3. The van der Waals surface area contributed by atoms with Gasteiger partial charge in [0.1, 0.15) is 0 Å². The minimum Gasteiger partial charge on any atom is -0.467 e. The highest BCUT2D eigenvalue weighted by atomic mass is 16.5. The summed E-state index contributed by atoms with van der Waals surface area (Å²) in [5.74, 6) is 1.27. The predicted octanol–water partition coefficient (Wildman–Crippen LogP) is 2.08. The van der Waals surface area contributed by atoms with Gasteiger partial charge in [0.15, 0.2) is 0 Å². The van der Waals surface area contributed by atoms with Crippen molar-refractivity contribution in [2.45, 2.75) is 45.1 Å². The fourth-order valence-corrected chi connectivity index (χ4v) is 2.63. The molecule has 106 valence electrons. The number of methoxy groups -OCH3 is 1. The van der Waals surface area contributed by atoms with Crippen LogP contribution in [0, 0.1) is 0 Å². The highest BCUT2D eigenvalue weighted by molar-refractivity contribution is 5.39. The summed E-state index contributed by atoms with van der Waals surface area (Å²) < 4.78 is 5.15. The minimum atomic E-state index is 0.364. The third-order valence-electron chi connectivity index (χ3n) is 3.62. The van der Waals surface area contributed by atoms with Crippen molar-refractivity contribution in [3.63, 3.8) is 0 Å². The van der Waals surface area contributed by atoms with Crippen molar-refractivity contribution in [3.8, 4) is 6.01 Å². The van der Waals surface area contributed by atoms with Crippen molar-refractivity contribution < 1.29 is 4.74 Å². The molecular formula is C13H23N5O. The lowest BCUT2D eigenvalue weighted by Crippen LogP contribution is -2.38. The number of hydrogen-bond donors (Lipinski definition) is 1. The number of aromatic nitrogens is 3. The van der Waals surface area contributed by atoms with Gasteiger partial charge in [0.05, 0.1) is 7.11 Å². The molecule has 2 rings (SSSR count). The van der Waals surface area contributed by atoms with Gasteiger partial charge < -0.3 is 15.0 Å². The van der Waals surface area contributed by atoms with E-state index in [4.69, 9.17) is 4.74 Å². The van der Waals surface area contributed by atoms with Crippen molar-refractivity contribution in [2.75, 3.05) is 30.9 Å². The fraction of sp³-hybridized carbons (Fsp3) is 0.769. The van der Waals surface area contributed by atoms with Gasteiger partial charge in [-0.05, 0) is 19.8 Å². The lowest BCUT2D eigenvalue weighted by molar-refractivity contribution is 0.374. The predicted molar refractivity (Wildman–Crippen MR) is 75.8 cm³/mol. The average molecular weight is 265 g/mol. The van der Waals surface area contributed by atoms with E-state index < -0.39 is 0 Å². The maximum atomic E-state index is 5.15. The van der Waals surface area contributed by atoms with Crippen LogP contribution in [0.1, 0.15) is 39.0 Å². The second-order valence-corrected chi connectivity index (χ2v) is 4.77. The molecule has 0 unspecified atom stereocenters. The van der Waals surface area contributed by atoms with Gasteiger partial charge in [0, 0.05) is 19.6 Å². The quantitative estimate of drug-likeness (QED) is 0.879. The molecule has 0 atom stereocenters. The molecule has 0 aliphatic heterocycles. The van der Waals surface area contributed by atoms with Gasteiger partial charge in [-0.15, -0.1) is 0 Å². The molecule has 1 N–H and O–H groups in total. The van der Waals surface area contributed by atoms with Crippen LogP contribution in [0.5, 0.6) is 6.01 Å². The third kappa shape index (κ3) is 3.24. The number of nitrogens with one attached hydrogen (secondary N) is 1. The van der Waals surface area contributed by atoms with E-state index >= 15 is 0 Å². The Bertz CT molecular complexity index is 384. The molecular weight excluding hydrogens is 242 g/mol. The van der Waals surface area contributed by atoms with E-state index in [1.165, 1.54) is 32.1 Å². The van der Waals surface area contributed by atoms with E-state index in [0.29, 0.717) is 23.9 Å². The second-order valence-electron chi connectivity index (χ2n) is 4.77. The van der Waals surface area contributed by atoms with Crippen molar-refractivity contribution >= 4 is 11.9 Å². The monoisotopic (exact) mass is 265 g/mol. The summed E-state index contributed by atoms with van der Waals surface area (Å²) in [6.07, 6.45) is 6.37. The Balaban J connectivity index is 2.25. The summed E-state index contributed by atoms with van der Waals surface area (Å²) in [7, 11) is 3.38. The number of hydrogen-bond acceptors (Lipinski definition) is 6. The van der Waals surface area contributed by atoms with Crippen LogP contribution in [0.25, 0.3) is 0 Å². The Labute approximate surface area is 114 Å².